The molecule has 0 saturated heterocycles. The molecule has 96 valence electrons. The van der Waals surface area contributed by atoms with E-state index in [1.54, 1.807) is 11.8 Å². The molecule has 3 atom stereocenters. The molecule has 19 heavy (non-hydrogen) atoms. The highest BCUT2D eigenvalue weighted by atomic mass is 35.5. The summed E-state index contributed by atoms with van der Waals surface area (Å²) in [5, 5.41) is 11.7. The van der Waals surface area contributed by atoms with Crippen LogP contribution in [0, 0.1) is 0 Å². The highest BCUT2D eigenvalue weighted by molar-refractivity contribution is 8.00. The number of rotatable bonds is 1. The van der Waals surface area contributed by atoms with Crippen molar-refractivity contribution in [2.45, 2.75) is 27.0 Å². The summed E-state index contributed by atoms with van der Waals surface area (Å²) < 4.78 is 0. The predicted octanol–water partition coefficient (Wildman–Crippen LogP) is 3.78. The highest BCUT2D eigenvalue weighted by Crippen LogP contribution is 2.68. The SMILES string of the molecule is OC1(c2ccccc2)c2ccccc2SC2CC21Cl. The molecule has 2 aromatic carbocycles. The molecule has 1 fully saturated rings. The first-order chi connectivity index (χ1) is 9.16. The number of fused-ring (bicyclic) bond motifs is 2. The molecule has 2 aliphatic rings. The van der Waals surface area contributed by atoms with Gasteiger partial charge in [0.2, 0.25) is 0 Å². The fraction of sp³-hybridized carbons (Fsp3) is 0.250. The van der Waals surface area contributed by atoms with E-state index in [4.69, 9.17) is 11.6 Å². The Kier molecular flexibility index (Phi) is 2.36. The van der Waals surface area contributed by atoms with Gasteiger partial charge in [-0.1, -0.05) is 48.5 Å². The van der Waals surface area contributed by atoms with Crippen LogP contribution in [0.25, 0.3) is 0 Å². The molecule has 3 heteroatoms. The smallest absolute Gasteiger partial charge is 0.136 e. The maximum atomic E-state index is 11.4. The molecule has 0 spiro atoms. The number of hydrogen-bond acceptors (Lipinski definition) is 2. The van der Waals surface area contributed by atoms with Gasteiger partial charge in [0.15, 0.2) is 0 Å². The fourth-order valence-corrected chi connectivity index (χ4v) is 5.15. The maximum Gasteiger partial charge on any atom is 0.136 e. The average molecular weight is 289 g/mol. The van der Waals surface area contributed by atoms with Crippen molar-refractivity contribution in [2.24, 2.45) is 0 Å². The van der Waals surface area contributed by atoms with E-state index in [-0.39, 0.29) is 0 Å². The Morgan fingerprint density at radius 3 is 2.53 bits per heavy atom. The van der Waals surface area contributed by atoms with Crippen molar-refractivity contribution in [2.75, 3.05) is 0 Å². The van der Waals surface area contributed by atoms with E-state index < -0.39 is 10.5 Å². The van der Waals surface area contributed by atoms with Crippen LogP contribution in [0.2, 0.25) is 0 Å². The molecule has 1 saturated carbocycles. The molecule has 1 N–H and O–H groups in total. The fourth-order valence-electron chi connectivity index (χ4n) is 3.05. The van der Waals surface area contributed by atoms with Crippen molar-refractivity contribution in [3.63, 3.8) is 0 Å². The third-order valence-corrected chi connectivity index (χ3v) is 6.46. The molecule has 0 radical (unpaired) electrons. The van der Waals surface area contributed by atoms with E-state index in [2.05, 4.69) is 6.07 Å². The van der Waals surface area contributed by atoms with Crippen LogP contribution in [0.4, 0.5) is 0 Å². The summed E-state index contributed by atoms with van der Waals surface area (Å²) >= 11 is 8.53. The van der Waals surface area contributed by atoms with Gasteiger partial charge in [-0.05, 0) is 18.1 Å². The summed E-state index contributed by atoms with van der Waals surface area (Å²) in [5.41, 5.74) is 0.748. The number of alkyl halides is 1. The Morgan fingerprint density at radius 1 is 1.05 bits per heavy atom. The summed E-state index contributed by atoms with van der Waals surface area (Å²) in [6, 6.07) is 17.8. The van der Waals surface area contributed by atoms with Gasteiger partial charge in [-0.25, -0.2) is 0 Å². The predicted molar refractivity (Wildman–Crippen MR) is 78.7 cm³/mol. The van der Waals surface area contributed by atoms with E-state index in [0.29, 0.717) is 5.25 Å². The van der Waals surface area contributed by atoms with E-state index in [9.17, 15) is 5.11 Å². The van der Waals surface area contributed by atoms with Crippen LogP contribution in [0.5, 0.6) is 0 Å². The second kappa shape index (κ2) is 3.78. The Labute approximate surface area is 121 Å². The lowest BCUT2D eigenvalue weighted by Gasteiger charge is -2.39. The van der Waals surface area contributed by atoms with Crippen LogP contribution < -0.4 is 0 Å². The first kappa shape index (κ1) is 11.8. The number of thioether (sulfide) groups is 1. The van der Waals surface area contributed by atoms with E-state index in [1.165, 1.54) is 0 Å². The van der Waals surface area contributed by atoms with Gasteiger partial charge in [-0.15, -0.1) is 23.4 Å². The van der Waals surface area contributed by atoms with Crippen molar-refractivity contribution in [3.05, 3.63) is 65.7 Å². The molecule has 0 bridgehead atoms. The second-order valence-corrected chi connectivity index (χ2v) is 7.16. The molecule has 1 heterocycles. The Bertz CT molecular complexity index is 644. The zero-order chi connectivity index (χ0) is 13.1. The molecule has 4 rings (SSSR count). The molecule has 1 aliphatic heterocycles. The van der Waals surface area contributed by atoms with Crippen LogP contribution in [-0.4, -0.2) is 15.2 Å². The Morgan fingerprint density at radius 2 is 1.74 bits per heavy atom. The van der Waals surface area contributed by atoms with Crippen molar-refractivity contribution in [1.29, 1.82) is 0 Å². The topological polar surface area (TPSA) is 20.2 Å². The molecule has 3 unspecified atom stereocenters. The molecular weight excluding hydrogens is 276 g/mol. The third kappa shape index (κ3) is 1.42. The van der Waals surface area contributed by atoms with Gasteiger partial charge >= 0.3 is 0 Å². The van der Waals surface area contributed by atoms with Crippen molar-refractivity contribution >= 4 is 23.4 Å². The van der Waals surface area contributed by atoms with Gasteiger partial charge in [-0.2, -0.15) is 0 Å². The normalized spacial score (nSPS) is 35.4. The number of benzene rings is 2. The van der Waals surface area contributed by atoms with Crippen LogP contribution >= 0.6 is 23.4 Å². The van der Waals surface area contributed by atoms with Gasteiger partial charge in [0, 0.05) is 15.7 Å². The van der Waals surface area contributed by atoms with Gasteiger partial charge in [-0.3, -0.25) is 0 Å². The maximum absolute atomic E-state index is 11.4. The monoisotopic (exact) mass is 288 g/mol. The Hall–Kier alpha value is -0.960. The lowest BCUT2D eigenvalue weighted by molar-refractivity contribution is 0.0638. The summed E-state index contributed by atoms with van der Waals surface area (Å²) in [7, 11) is 0. The van der Waals surface area contributed by atoms with Crippen molar-refractivity contribution in [1.82, 2.24) is 0 Å². The number of hydrogen-bond donors (Lipinski definition) is 1. The van der Waals surface area contributed by atoms with E-state index >= 15 is 0 Å². The van der Waals surface area contributed by atoms with Gasteiger partial charge in [0.05, 0.1) is 4.87 Å². The minimum atomic E-state index is -1.08. The quantitative estimate of drug-likeness (QED) is 0.806. The lowest BCUT2D eigenvalue weighted by Crippen LogP contribution is -2.43. The van der Waals surface area contributed by atoms with Crippen LogP contribution in [0.15, 0.2) is 59.5 Å². The molecule has 1 nitrogen and oxygen atoms in total. The summed E-state index contributed by atoms with van der Waals surface area (Å²) in [5.74, 6) is 0. The zero-order valence-corrected chi connectivity index (χ0v) is 11.8. The minimum absolute atomic E-state index is 0.300. The van der Waals surface area contributed by atoms with Crippen LogP contribution in [0.3, 0.4) is 0 Å². The number of aliphatic hydroxyl groups is 1. The van der Waals surface area contributed by atoms with Crippen LogP contribution in [0.1, 0.15) is 17.5 Å². The van der Waals surface area contributed by atoms with Gasteiger partial charge in [0.1, 0.15) is 5.60 Å². The highest BCUT2D eigenvalue weighted by Gasteiger charge is 2.70. The summed E-state index contributed by atoms with van der Waals surface area (Å²) in [6.45, 7) is 0. The summed E-state index contributed by atoms with van der Waals surface area (Å²) in [6.07, 6.45) is 0.847. The van der Waals surface area contributed by atoms with Gasteiger partial charge in [0.25, 0.3) is 0 Å². The lowest BCUT2D eigenvalue weighted by atomic mass is 9.81. The van der Waals surface area contributed by atoms with E-state index in [1.807, 2.05) is 48.5 Å². The third-order valence-electron chi connectivity index (χ3n) is 4.17. The standard InChI is InChI=1S/C16H13ClOS/c17-15-10-14(15)19-13-9-5-4-8-12(13)16(15,18)11-6-2-1-3-7-11/h1-9,14,18H,10H2. The van der Waals surface area contributed by atoms with Crippen LogP contribution in [-0.2, 0) is 5.60 Å². The largest absolute Gasteiger partial charge is 0.378 e. The second-order valence-electron chi connectivity index (χ2n) is 5.25. The zero-order valence-electron chi connectivity index (χ0n) is 10.2. The van der Waals surface area contributed by atoms with Gasteiger partial charge < -0.3 is 5.11 Å². The molecule has 2 aromatic rings. The first-order valence-electron chi connectivity index (χ1n) is 6.39. The molecule has 0 amide bonds. The van der Waals surface area contributed by atoms with Crippen molar-refractivity contribution < 1.29 is 5.11 Å². The minimum Gasteiger partial charge on any atom is -0.378 e. The summed E-state index contributed by atoms with van der Waals surface area (Å²) in [4.78, 5) is 0.584. The molecule has 1 aliphatic carbocycles. The number of halogens is 1. The molecule has 0 aromatic heterocycles. The first-order valence-corrected chi connectivity index (χ1v) is 7.65. The Balaban J connectivity index is 1.99. The van der Waals surface area contributed by atoms with E-state index in [0.717, 1.165) is 22.4 Å². The average Bonchev–Trinajstić information content (AvgIpc) is 3.12. The van der Waals surface area contributed by atoms with Crippen molar-refractivity contribution in [3.8, 4) is 0 Å². The molecular formula is C16H13ClOS.